The molecule has 0 saturated heterocycles. The smallest absolute Gasteiger partial charge is 0.317 e. The lowest BCUT2D eigenvalue weighted by atomic mass is 10.2. The molecule has 0 atom stereocenters. The molecule has 0 saturated carbocycles. The fraction of sp³-hybridized carbons (Fsp3) is 0.0952. The number of anilines is 2. The van der Waals surface area contributed by atoms with Crippen molar-refractivity contribution in [2.75, 3.05) is 11.9 Å². The van der Waals surface area contributed by atoms with Crippen LogP contribution in [0.2, 0.25) is 0 Å². The zero-order chi connectivity index (χ0) is 19.3. The highest BCUT2D eigenvalue weighted by Gasteiger charge is 2.18. The molecule has 0 radical (unpaired) electrons. The van der Waals surface area contributed by atoms with Crippen LogP contribution < -0.4 is 10.5 Å². The van der Waals surface area contributed by atoms with E-state index in [4.69, 9.17) is 0 Å². The number of hydrogen-bond acceptors (Lipinski definition) is 5. The van der Waals surface area contributed by atoms with Crippen LogP contribution in [0.5, 0.6) is 0 Å². The summed E-state index contributed by atoms with van der Waals surface area (Å²) in [6.45, 7) is 0. The topological polar surface area (TPSA) is 56.0 Å². The van der Waals surface area contributed by atoms with Gasteiger partial charge in [0, 0.05) is 30.9 Å². The van der Waals surface area contributed by atoms with Crippen molar-refractivity contribution in [3.8, 4) is 0 Å². The van der Waals surface area contributed by atoms with Crippen molar-refractivity contribution in [2.45, 2.75) is 10.9 Å². The second-order valence-electron chi connectivity index (χ2n) is 6.16. The van der Waals surface area contributed by atoms with Crippen LogP contribution in [0, 0.1) is 0 Å². The van der Waals surface area contributed by atoms with Gasteiger partial charge >= 0.3 is 5.56 Å². The molecule has 6 nitrogen and oxygen atoms in total. The minimum absolute atomic E-state index is 0.229. The predicted octanol–water partition coefficient (Wildman–Crippen LogP) is 3.81. The molecule has 0 N–H and O–H groups in total. The standard InChI is InChI=1S/C21H19N5OS/c1-24(18-12-6-3-7-13-18)19-20(27)26(25-14-8-9-15-25)21(23-22-19)28-16-17-10-4-2-5-11-17/h2-15H,16H2,1H3. The molecule has 2 aromatic carbocycles. The van der Waals surface area contributed by atoms with E-state index in [1.54, 1.807) is 14.3 Å². The Morgan fingerprint density at radius 1 is 0.893 bits per heavy atom. The Morgan fingerprint density at radius 3 is 2.21 bits per heavy atom. The normalized spacial score (nSPS) is 10.8. The quantitative estimate of drug-likeness (QED) is 0.469. The first-order valence-corrected chi connectivity index (χ1v) is 9.81. The third-order valence-corrected chi connectivity index (χ3v) is 5.28. The highest BCUT2D eigenvalue weighted by Crippen LogP contribution is 2.22. The van der Waals surface area contributed by atoms with Gasteiger partial charge in [0.1, 0.15) is 0 Å². The summed E-state index contributed by atoms with van der Waals surface area (Å²) in [5.74, 6) is 0.966. The van der Waals surface area contributed by atoms with Crippen molar-refractivity contribution in [2.24, 2.45) is 0 Å². The summed E-state index contributed by atoms with van der Waals surface area (Å²) >= 11 is 1.48. The Labute approximate surface area is 167 Å². The van der Waals surface area contributed by atoms with E-state index in [9.17, 15) is 4.79 Å². The van der Waals surface area contributed by atoms with Crippen molar-refractivity contribution in [3.05, 3.63) is 101 Å². The van der Waals surface area contributed by atoms with Gasteiger partial charge in [-0.1, -0.05) is 60.3 Å². The van der Waals surface area contributed by atoms with Crippen LogP contribution in [0.15, 0.2) is 95.1 Å². The minimum Gasteiger partial charge on any atom is -0.323 e. The molecule has 7 heteroatoms. The molecule has 4 rings (SSSR count). The van der Waals surface area contributed by atoms with Gasteiger partial charge in [-0.25, -0.2) is 0 Å². The van der Waals surface area contributed by atoms with E-state index >= 15 is 0 Å². The third kappa shape index (κ3) is 3.70. The van der Waals surface area contributed by atoms with Gasteiger partial charge in [-0.3, -0.25) is 9.47 Å². The average molecular weight is 389 g/mol. The monoisotopic (exact) mass is 389 g/mol. The second-order valence-corrected chi connectivity index (χ2v) is 7.10. The molecule has 0 aliphatic rings. The molecule has 0 bridgehead atoms. The summed E-state index contributed by atoms with van der Waals surface area (Å²) in [6, 6.07) is 23.5. The molecule has 2 heterocycles. The highest BCUT2D eigenvalue weighted by molar-refractivity contribution is 7.98. The number of aromatic nitrogens is 4. The van der Waals surface area contributed by atoms with E-state index in [1.165, 1.54) is 11.8 Å². The first-order valence-electron chi connectivity index (χ1n) is 8.83. The number of rotatable bonds is 6. The van der Waals surface area contributed by atoms with Crippen molar-refractivity contribution in [1.29, 1.82) is 0 Å². The van der Waals surface area contributed by atoms with Crippen LogP contribution in [0.1, 0.15) is 5.56 Å². The predicted molar refractivity (Wildman–Crippen MR) is 112 cm³/mol. The van der Waals surface area contributed by atoms with Gasteiger partial charge in [0.15, 0.2) is 0 Å². The van der Waals surface area contributed by atoms with Crippen LogP contribution in [-0.4, -0.2) is 26.6 Å². The molecular weight excluding hydrogens is 370 g/mol. The maximum atomic E-state index is 13.3. The summed E-state index contributed by atoms with van der Waals surface area (Å²) in [5, 5.41) is 9.15. The lowest BCUT2D eigenvalue weighted by molar-refractivity contribution is 0.530. The first kappa shape index (κ1) is 18.1. The average Bonchev–Trinajstić information content (AvgIpc) is 3.27. The molecular formula is C21H19N5OS. The lowest BCUT2D eigenvalue weighted by Gasteiger charge is -2.19. The molecule has 0 aliphatic carbocycles. The van der Waals surface area contributed by atoms with Crippen LogP contribution in [0.25, 0.3) is 0 Å². The maximum absolute atomic E-state index is 13.3. The van der Waals surface area contributed by atoms with Crippen molar-refractivity contribution in [1.82, 2.24) is 19.5 Å². The number of benzene rings is 2. The number of nitrogens with zero attached hydrogens (tertiary/aromatic N) is 5. The Hall–Kier alpha value is -3.32. The Morgan fingerprint density at radius 2 is 1.54 bits per heavy atom. The third-order valence-electron chi connectivity index (χ3n) is 4.29. The second kappa shape index (κ2) is 8.14. The van der Waals surface area contributed by atoms with Crippen molar-refractivity contribution in [3.63, 3.8) is 0 Å². The van der Waals surface area contributed by atoms with Gasteiger partial charge in [-0.2, -0.15) is 4.68 Å². The van der Waals surface area contributed by atoms with Gasteiger partial charge < -0.3 is 4.90 Å². The maximum Gasteiger partial charge on any atom is 0.317 e. The van der Waals surface area contributed by atoms with Crippen LogP contribution in [0.3, 0.4) is 0 Å². The summed E-state index contributed by atoms with van der Waals surface area (Å²) in [5.41, 5.74) is 1.80. The van der Waals surface area contributed by atoms with Crippen LogP contribution >= 0.6 is 11.8 Å². The van der Waals surface area contributed by atoms with Gasteiger partial charge in [0.25, 0.3) is 0 Å². The molecule has 0 unspecified atom stereocenters. The number of hydrogen-bond donors (Lipinski definition) is 0. The summed E-state index contributed by atoms with van der Waals surface area (Å²) < 4.78 is 3.28. The van der Waals surface area contributed by atoms with Gasteiger partial charge in [0.05, 0.1) is 0 Å². The molecule has 0 aliphatic heterocycles. The fourth-order valence-electron chi connectivity index (χ4n) is 2.82. The van der Waals surface area contributed by atoms with E-state index in [0.29, 0.717) is 10.9 Å². The lowest BCUT2D eigenvalue weighted by Crippen LogP contribution is -2.33. The van der Waals surface area contributed by atoms with Gasteiger partial charge in [-0.05, 0) is 29.8 Å². The SMILES string of the molecule is CN(c1ccccc1)c1nnc(SCc2ccccc2)n(-n2cccc2)c1=O. The van der Waals surface area contributed by atoms with E-state index in [2.05, 4.69) is 22.3 Å². The summed E-state index contributed by atoms with van der Waals surface area (Å²) in [6.07, 6.45) is 3.64. The van der Waals surface area contributed by atoms with Gasteiger partial charge in [-0.15, -0.1) is 10.2 Å². The Bertz CT molecular complexity index is 1090. The van der Waals surface area contributed by atoms with E-state index in [0.717, 1.165) is 11.3 Å². The molecule has 140 valence electrons. The van der Waals surface area contributed by atoms with Crippen molar-refractivity contribution < 1.29 is 0 Å². The van der Waals surface area contributed by atoms with E-state index < -0.39 is 0 Å². The highest BCUT2D eigenvalue weighted by atomic mass is 32.2. The van der Waals surface area contributed by atoms with Gasteiger partial charge in [0.2, 0.25) is 11.0 Å². The minimum atomic E-state index is -0.229. The Kier molecular flexibility index (Phi) is 5.25. The molecule has 4 aromatic rings. The number of para-hydroxylation sites is 1. The van der Waals surface area contributed by atoms with Crippen LogP contribution in [0.4, 0.5) is 11.5 Å². The molecule has 0 amide bonds. The molecule has 0 spiro atoms. The summed E-state index contributed by atoms with van der Waals surface area (Å²) in [7, 11) is 1.82. The van der Waals surface area contributed by atoms with E-state index in [1.807, 2.05) is 80.1 Å². The Balaban J connectivity index is 1.73. The number of thioether (sulfide) groups is 1. The van der Waals surface area contributed by atoms with Crippen molar-refractivity contribution >= 4 is 23.3 Å². The molecule has 2 aromatic heterocycles. The fourth-order valence-corrected chi connectivity index (χ4v) is 3.70. The zero-order valence-electron chi connectivity index (χ0n) is 15.3. The molecule has 0 fully saturated rings. The van der Waals surface area contributed by atoms with Crippen LogP contribution in [-0.2, 0) is 5.75 Å². The summed E-state index contributed by atoms with van der Waals surface area (Å²) in [4.78, 5) is 15.0. The zero-order valence-corrected chi connectivity index (χ0v) is 16.2. The molecule has 28 heavy (non-hydrogen) atoms. The first-order chi connectivity index (χ1) is 13.7. The van der Waals surface area contributed by atoms with E-state index in [-0.39, 0.29) is 11.4 Å². The largest absolute Gasteiger partial charge is 0.323 e.